The molecule has 60 valence electrons. The lowest BCUT2D eigenvalue weighted by Gasteiger charge is -1.99. The molecule has 12 heavy (non-hydrogen) atoms. The van der Waals surface area contributed by atoms with Gasteiger partial charge in [0.15, 0.2) is 0 Å². The summed E-state index contributed by atoms with van der Waals surface area (Å²) in [5, 5.41) is 0.519. The van der Waals surface area contributed by atoms with Crippen molar-refractivity contribution >= 4 is 23.5 Å². The highest BCUT2D eigenvalue weighted by molar-refractivity contribution is 7.80. The summed E-state index contributed by atoms with van der Waals surface area (Å²) in [6, 6.07) is 6.40. The maximum atomic E-state index is 13.1. The number of nitrogens with zero attached hydrogens (tertiary/aromatic N) is 1. The molecule has 0 aliphatic heterocycles. The fourth-order valence-corrected chi connectivity index (χ4v) is 1.38. The molecule has 3 heteroatoms. The van der Waals surface area contributed by atoms with Gasteiger partial charge in [0.2, 0.25) is 0 Å². The SMILES string of the molecule is Fc1ccc(S)c2ncccc12. The summed E-state index contributed by atoms with van der Waals surface area (Å²) in [4.78, 5) is 4.73. The molecule has 0 saturated carbocycles. The van der Waals surface area contributed by atoms with E-state index in [1.54, 1.807) is 24.4 Å². The van der Waals surface area contributed by atoms with Gasteiger partial charge in [-0.3, -0.25) is 4.98 Å². The van der Waals surface area contributed by atoms with Crippen LogP contribution in [0.5, 0.6) is 0 Å². The zero-order valence-electron chi connectivity index (χ0n) is 6.16. The van der Waals surface area contributed by atoms with Gasteiger partial charge in [0.25, 0.3) is 0 Å². The molecule has 0 amide bonds. The van der Waals surface area contributed by atoms with Crippen molar-refractivity contribution in [3.05, 3.63) is 36.3 Å². The van der Waals surface area contributed by atoms with Gasteiger partial charge in [-0.25, -0.2) is 4.39 Å². The number of aromatic nitrogens is 1. The number of pyridine rings is 1. The Morgan fingerprint density at radius 2 is 2.08 bits per heavy atom. The second-order valence-electron chi connectivity index (χ2n) is 2.47. The Hall–Kier alpha value is -1.09. The molecule has 0 radical (unpaired) electrons. The number of rotatable bonds is 0. The molecule has 0 aliphatic rings. The Morgan fingerprint density at radius 1 is 1.25 bits per heavy atom. The largest absolute Gasteiger partial charge is 0.255 e. The summed E-state index contributed by atoms with van der Waals surface area (Å²) in [5.74, 6) is -0.254. The van der Waals surface area contributed by atoms with Crippen LogP contribution in [0.1, 0.15) is 0 Å². The molecule has 0 unspecified atom stereocenters. The maximum Gasteiger partial charge on any atom is 0.132 e. The van der Waals surface area contributed by atoms with Crippen LogP contribution in [-0.2, 0) is 0 Å². The van der Waals surface area contributed by atoms with Crippen LogP contribution >= 0.6 is 12.6 Å². The van der Waals surface area contributed by atoms with Gasteiger partial charge in [-0.15, -0.1) is 12.6 Å². The van der Waals surface area contributed by atoms with Gasteiger partial charge < -0.3 is 0 Å². The lowest BCUT2D eigenvalue weighted by molar-refractivity contribution is 0.639. The summed E-state index contributed by atoms with van der Waals surface area (Å²) < 4.78 is 13.1. The zero-order valence-corrected chi connectivity index (χ0v) is 7.05. The third-order valence-corrected chi connectivity index (χ3v) is 2.06. The second-order valence-corrected chi connectivity index (χ2v) is 2.95. The zero-order chi connectivity index (χ0) is 8.55. The van der Waals surface area contributed by atoms with E-state index in [2.05, 4.69) is 17.6 Å². The minimum absolute atomic E-state index is 0.254. The van der Waals surface area contributed by atoms with Crippen LogP contribution < -0.4 is 0 Å². The van der Waals surface area contributed by atoms with Crippen LogP contribution in [0.15, 0.2) is 35.4 Å². The van der Waals surface area contributed by atoms with Gasteiger partial charge in [-0.1, -0.05) is 0 Å². The Labute approximate surface area is 74.7 Å². The minimum atomic E-state index is -0.254. The van der Waals surface area contributed by atoms with Gasteiger partial charge in [-0.2, -0.15) is 0 Å². The highest BCUT2D eigenvalue weighted by Crippen LogP contribution is 2.21. The first-order chi connectivity index (χ1) is 5.79. The lowest BCUT2D eigenvalue weighted by Crippen LogP contribution is -1.83. The summed E-state index contributed by atoms with van der Waals surface area (Å²) >= 11 is 4.17. The summed E-state index contributed by atoms with van der Waals surface area (Å²) in [6.07, 6.45) is 1.63. The number of benzene rings is 1. The Bertz CT molecular complexity index is 387. The van der Waals surface area contributed by atoms with Crippen LogP contribution in [0.4, 0.5) is 4.39 Å². The molecule has 2 rings (SSSR count). The average Bonchev–Trinajstić information content (AvgIpc) is 2.12. The molecule has 0 aliphatic carbocycles. The molecular formula is C9H6FNS. The monoisotopic (exact) mass is 179 g/mol. The van der Waals surface area contributed by atoms with E-state index in [0.29, 0.717) is 15.8 Å². The van der Waals surface area contributed by atoms with Crippen molar-refractivity contribution in [3.63, 3.8) is 0 Å². The molecule has 0 saturated heterocycles. The van der Waals surface area contributed by atoms with Crippen LogP contribution in [0.3, 0.4) is 0 Å². The number of hydrogen-bond acceptors (Lipinski definition) is 2. The Kier molecular flexibility index (Phi) is 1.73. The first-order valence-corrected chi connectivity index (χ1v) is 3.96. The third-order valence-electron chi connectivity index (χ3n) is 1.70. The van der Waals surface area contributed by atoms with E-state index < -0.39 is 0 Å². The highest BCUT2D eigenvalue weighted by atomic mass is 32.1. The molecule has 0 N–H and O–H groups in total. The smallest absolute Gasteiger partial charge is 0.132 e. The molecule has 0 bridgehead atoms. The molecule has 0 atom stereocenters. The van der Waals surface area contributed by atoms with Crippen LogP contribution in [0.25, 0.3) is 10.9 Å². The lowest BCUT2D eigenvalue weighted by atomic mass is 10.2. The topological polar surface area (TPSA) is 12.9 Å². The van der Waals surface area contributed by atoms with Gasteiger partial charge >= 0.3 is 0 Å². The van der Waals surface area contributed by atoms with E-state index in [1.807, 2.05) is 0 Å². The standard InChI is InChI=1S/C9H6FNS/c10-7-3-4-8(12)9-6(7)2-1-5-11-9/h1-5,12H. The van der Waals surface area contributed by atoms with E-state index in [1.165, 1.54) is 6.07 Å². The van der Waals surface area contributed by atoms with Gasteiger partial charge in [0, 0.05) is 16.5 Å². The second kappa shape index (κ2) is 2.75. The Balaban J connectivity index is 2.95. The fourth-order valence-electron chi connectivity index (χ4n) is 1.12. The first-order valence-electron chi connectivity index (χ1n) is 3.51. The molecule has 1 heterocycles. The molecule has 1 aromatic carbocycles. The van der Waals surface area contributed by atoms with Crippen LogP contribution in [0, 0.1) is 5.82 Å². The van der Waals surface area contributed by atoms with Crippen molar-refractivity contribution < 1.29 is 4.39 Å². The van der Waals surface area contributed by atoms with Crippen molar-refractivity contribution in [2.24, 2.45) is 0 Å². The fraction of sp³-hybridized carbons (Fsp3) is 0. The first kappa shape index (κ1) is 7.55. The Morgan fingerprint density at radius 3 is 2.83 bits per heavy atom. The maximum absolute atomic E-state index is 13.1. The number of halogens is 1. The van der Waals surface area contributed by atoms with E-state index in [4.69, 9.17) is 0 Å². The van der Waals surface area contributed by atoms with Crippen molar-refractivity contribution in [1.29, 1.82) is 0 Å². The van der Waals surface area contributed by atoms with Gasteiger partial charge in [0.1, 0.15) is 5.82 Å². The summed E-state index contributed by atoms with van der Waals surface area (Å²) in [5.41, 5.74) is 0.612. The van der Waals surface area contributed by atoms with Crippen molar-refractivity contribution in [2.75, 3.05) is 0 Å². The van der Waals surface area contributed by atoms with E-state index in [-0.39, 0.29) is 5.82 Å². The molecule has 2 aromatic rings. The van der Waals surface area contributed by atoms with E-state index in [0.717, 1.165) is 0 Å². The van der Waals surface area contributed by atoms with E-state index >= 15 is 0 Å². The molecular weight excluding hydrogens is 173 g/mol. The summed E-state index contributed by atoms with van der Waals surface area (Å²) in [7, 11) is 0. The van der Waals surface area contributed by atoms with Gasteiger partial charge in [0.05, 0.1) is 5.52 Å². The number of thiol groups is 1. The number of hydrogen-bond donors (Lipinski definition) is 1. The minimum Gasteiger partial charge on any atom is -0.255 e. The molecule has 1 aromatic heterocycles. The molecule has 0 fully saturated rings. The summed E-state index contributed by atoms with van der Waals surface area (Å²) in [6.45, 7) is 0. The van der Waals surface area contributed by atoms with E-state index in [9.17, 15) is 4.39 Å². The van der Waals surface area contributed by atoms with Crippen molar-refractivity contribution in [2.45, 2.75) is 4.90 Å². The van der Waals surface area contributed by atoms with Crippen molar-refractivity contribution in [1.82, 2.24) is 4.98 Å². The van der Waals surface area contributed by atoms with Gasteiger partial charge in [-0.05, 0) is 24.3 Å². The predicted octanol–water partition coefficient (Wildman–Crippen LogP) is 2.66. The van der Waals surface area contributed by atoms with Crippen LogP contribution in [-0.4, -0.2) is 4.98 Å². The highest BCUT2D eigenvalue weighted by Gasteiger charge is 2.02. The van der Waals surface area contributed by atoms with Crippen LogP contribution in [0.2, 0.25) is 0 Å². The normalized spacial score (nSPS) is 10.5. The average molecular weight is 179 g/mol. The molecule has 1 nitrogen and oxygen atoms in total. The predicted molar refractivity (Wildman–Crippen MR) is 49.0 cm³/mol. The van der Waals surface area contributed by atoms with Crippen molar-refractivity contribution in [3.8, 4) is 0 Å². The number of fused-ring (bicyclic) bond motifs is 1. The molecule has 0 spiro atoms. The quantitative estimate of drug-likeness (QED) is 0.613. The third kappa shape index (κ3) is 1.06.